The molecule has 1 fully saturated rings. The standard InChI is InChI=1S/C17H22N2O/c1-20-17-7-6-13(15-4-2-3-5-16(15)17)12-19-10-8-14(18)9-11-19/h2-7,14H,8-12,18H2,1H3. The summed E-state index contributed by atoms with van der Waals surface area (Å²) in [7, 11) is 1.73. The van der Waals surface area contributed by atoms with Crippen molar-refractivity contribution in [1.82, 2.24) is 4.90 Å². The van der Waals surface area contributed by atoms with E-state index in [0.29, 0.717) is 6.04 Å². The Labute approximate surface area is 120 Å². The second-order valence-electron chi connectivity index (χ2n) is 5.59. The van der Waals surface area contributed by atoms with Crippen LogP contribution in [0.25, 0.3) is 10.8 Å². The van der Waals surface area contributed by atoms with E-state index in [9.17, 15) is 0 Å². The van der Waals surface area contributed by atoms with Gasteiger partial charge in [-0.15, -0.1) is 0 Å². The van der Waals surface area contributed by atoms with E-state index in [0.717, 1.165) is 38.2 Å². The highest BCUT2D eigenvalue weighted by Gasteiger charge is 2.17. The molecular formula is C17H22N2O. The zero-order valence-corrected chi connectivity index (χ0v) is 12.0. The Morgan fingerprint density at radius 3 is 2.50 bits per heavy atom. The van der Waals surface area contributed by atoms with Gasteiger partial charge in [-0.1, -0.05) is 30.3 Å². The van der Waals surface area contributed by atoms with Crippen molar-refractivity contribution in [3.05, 3.63) is 42.0 Å². The Morgan fingerprint density at radius 1 is 1.10 bits per heavy atom. The number of likely N-dealkylation sites (tertiary alicyclic amines) is 1. The molecule has 1 heterocycles. The highest BCUT2D eigenvalue weighted by atomic mass is 16.5. The number of piperidine rings is 1. The summed E-state index contributed by atoms with van der Waals surface area (Å²) in [5.74, 6) is 0.949. The number of methoxy groups -OCH3 is 1. The minimum Gasteiger partial charge on any atom is -0.496 e. The monoisotopic (exact) mass is 270 g/mol. The lowest BCUT2D eigenvalue weighted by Crippen LogP contribution is -2.39. The van der Waals surface area contributed by atoms with E-state index >= 15 is 0 Å². The van der Waals surface area contributed by atoms with Gasteiger partial charge in [0, 0.05) is 18.0 Å². The van der Waals surface area contributed by atoms with Crippen molar-refractivity contribution in [3.8, 4) is 5.75 Å². The summed E-state index contributed by atoms with van der Waals surface area (Å²) >= 11 is 0. The van der Waals surface area contributed by atoms with Crippen LogP contribution in [0.15, 0.2) is 36.4 Å². The van der Waals surface area contributed by atoms with Gasteiger partial charge in [0.1, 0.15) is 5.75 Å². The predicted octanol–water partition coefficient (Wildman–Crippen LogP) is 2.77. The first-order valence-electron chi connectivity index (χ1n) is 7.30. The van der Waals surface area contributed by atoms with E-state index in [1.807, 2.05) is 0 Å². The van der Waals surface area contributed by atoms with Crippen LogP contribution < -0.4 is 10.5 Å². The van der Waals surface area contributed by atoms with Crippen molar-refractivity contribution in [1.29, 1.82) is 0 Å². The number of hydrogen-bond donors (Lipinski definition) is 1. The van der Waals surface area contributed by atoms with E-state index < -0.39 is 0 Å². The van der Waals surface area contributed by atoms with Crippen molar-refractivity contribution in [2.45, 2.75) is 25.4 Å². The summed E-state index contributed by atoms with van der Waals surface area (Å²) in [6, 6.07) is 13.1. The van der Waals surface area contributed by atoms with Crippen LogP contribution in [0.2, 0.25) is 0 Å². The molecule has 3 nitrogen and oxygen atoms in total. The zero-order chi connectivity index (χ0) is 13.9. The van der Waals surface area contributed by atoms with Gasteiger partial charge in [0.2, 0.25) is 0 Å². The SMILES string of the molecule is COc1ccc(CN2CCC(N)CC2)c2ccccc12. The number of hydrogen-bond acceptors (Lipinski definition) is 3. The van der Waals surface area contributed by atoms with Crippen LogP contribution in [0.5, 0.6) is 5.75 Å². The maximum atomic E-state index is 5.98. The highest BCUT2D eigenvalue weighted by Crippen LogP contribution is 2.29. The van der Waals surface area contributed by atoms with Crippen LogP contribution in [-0.2, 0) is 6.54 Å². The van der Waals surface area contributed by atoms with Gasteiger partial charge in [-0.25, -0.2) is 0 Å². The lowest BCUT2D eigenvalue weighted by Gasteiger charge is -2.30. The fraction of sp³-hybridized carbons (Fsp3) is 0.412. The Hall–Kier alpha value is -1.58. The summed E-state index contributed by atoms with van der Waals surface area (Å²) in [4.78, 5) is 2.50. The predicted molar refractivity (Wildman–Crippen MR) is 83.0 cm³/mol. The summed E-state index contributed by atoms with van der Waals surface area (Å²) in [5, 5.41) is 2.49. The van der Waals surface area contributed by atoms with Gasteiger partial charge >= 0.3 is 0 Å². The van der Waals surface area contributed by atoms with Gasteiger partial charge in [0.25, 0.3) is 0 Å². The first kappa shape index (κ1) is 13.4. The second-order valence-corrected chi connectivity index (χ2v) is 5.59. The molecule has 20 heavy (non-hydrogen) atoms. The Bertz CT molecular complexity index is 589. The Kier molecular flexibility index (Phi) is 3.90. The van der Waals surface area contributed by atoms with E-state index in [-0.39, 0.29) is 0 Å². The number of nitrogens with zero attached hydrogens (tertiary/aromatic N) is 1. The molecule has 2 N–H and O–H groups in total. The van der Waals surface area contributed by atoms with E-state index in [4.69, 9.17) is 10.5 Å². The number of fused-ring (bicyclic) bond motifs is 1. The molecule has 0 amide bonds. The van der Waals surface area contributed by atoms with Crippen molar-refractivity contribution in [2.24, 2.45) is 5.73 Å². The number of nitrogens with two attached hydrogens (primary N) is 1. The summed E-state index contributed by atoms with van der Waals surface area (Å²) in [6.07, 6.45) is 2.21. The first-order valence-corrected chi connectivity index (χ1v) is 7.30. The zero-order valence-electron chi connectivity index (χ0n) is 12.0. The molecule has 0 bridgehead atoms. The number of ether oxygens (including phenoxy) is 1. The Balaban J connectivity index is 1.88. The summed E-state index contributed by atoms with van der Waals surface area (Å²) in [6.45, 7) is 3.19. The van der Waals surface area contributed by atoms with Crippen LogP contribution in [0, 0.1) is 0 Å². The molecule has 0 spiro atoms. The van der Waals surface area contributed by atoms with Crippen molar-refractivity contribution >= 4 is 10.8 Å². The van der Waals surface area contributed by atoms with Crippen LogP contribution in [-0.4, -0.2) is 31.1 Å². The van der Waals surface area contributed by atoms with Crippen molar-refractivity contribution in [2.75, 3.05) is 20.2 Å². The molecule has 106 valence electrons. The maximum Gasteiger partial charge on any atom is 0.126 e. The van der Waals surface area contributed by atoms with Gasteiger partial charge in [-0.3, -0.25) is 4.90 Å². The fourth-order valence-corrected chi connectivity index (χ4v) is 3.00. The van der Waals surface area contributed by atoms with Crippen LogP contribution in [0.1, 0.15) is 18.4 Å². The van der Waals surface area contributed by atoms with Gasteiger partial charge in [0.15, 0.2) is 0 Å². The molecule has 1 aliphatic heterocycles. The lowest BCUT2D eigenvalue weighted by atomic mass is 10.0. The van der Waals surface area contributed by atoms with Gasteiger partial charge in [-0.2, -0.15) is 0 Å². The van der Waals surface area contributed by atoms with E-state index in [2.05, 4.69) is 41.3 Å². The van der Waals surface area contributed by atoms with Crippen LogP contribution in [0.3, 0.4) is 0 Å². The molecule has 0 atom stereocenters. The molecule has 0 saturated carbocycles. The van der Waals surface area contributed by atoms with Crippen LogP contribution in [0.4, 0.5) is 0 Å². The van der Waals surface area contributed by atoms with Crippen molar-refractivity contribution < 1.29 is 4.74 Å². The molecule has 3 rings (SSSR count). The average Bonchev–Trinajstić information content (AvgIpc) is 2.50. The van der Waals surface area contributed by atoms with E-state index in [1.54, 1.807) is 7.11 Å². The molecule has 1 aliphatic rings. The molecule has 1 saturated heterocycles. The topological polar surface area (TPSA) is 38.5 Å². The molecular weight excluding hydrogens is 248 g/mol. The highest BCUT2D eigenvalue weighted by molar-refractivity contribution is 5.91. The third-order valence-electron chi connectivity index (χ3n) is 4.22. The number of rotatable bonds is 3. The molecule has 0 aliphatic carbocycles. The molecule has 0 radical (unpaired) electrons. The van der Waals surface area contributed by atoms with E-state index in [1.165, 1.54) is 16.3 Å². The normalized spacial score (nSPS) is 17.5. The third kappa shape index (κ3) is 2.65. The van der Waals surface area contributed by atoms with Gasteiger partial charge < -0.3 is 10.5 Å². The third-order valence-corrected chi connectivity index (χ3v) is 4.22. The minimum atomic E-state index is 0.388. The second kappa shape index (κ2) is 5.81. The molecule has 2 aromatic carbocycles. The average molecular weight is 270 g/mol. The quantitative estimate of drug-likeness (QED) is 0.932. The summed E-state index contributed by atoms with van der Waals surface area (Å²) < 4.78 is 5.46. The molecule has 2 aromatic rings. The lowest BCUT2D eigenvalue weighted by molar-refractivity contribution is 0.206. The molecule has 0 unspecified atom stereocenters. The number of benzene rings is 2. The van der Waals surface area contributed by atoms with Crippen molar-refractivity contribution in [3.63, 3.8) is 0 Å². The van der Waals surface area contributed by atoms with Gasteiger partial charge in [-0.05, 0) is 42.9 Å². The fourth-order valence-electron chi connectivity index (χ4n) is 3.00. The maximum absolute atomic E-state index is 5.98. The smallest absolute Gasteiger partial charge is 0.126 e. The first-order chi connectivity index (χ1) is 9.78. The van der Waals surface area contributed by atoms with Crippen LogP contribution >= 0.6 is 0 Å². The summed E-state index contributed by atoms with van der Waals surface area (Å²) in [5.41, 5.74) is 7.35. The molecule has 0 aromatic heterocycles. The molecule has 3 heteroatoms. The Morgan fingerprint density at radius 2 is 1.80 bits per heavy atom. The minimum absolute atomic E-state index is 0.388. The largest absolute Gasteiger partial charge is 0.496 e. The van der Waals surface area contributed by atoms with Gasteiger partial charge in [0.05, 0.1) is 7.11 Å².